The van der Waals surface area contributed by atoms with Gasteiger partial charge in [-0.15, -0.1) is 0 Å². The Morgan fingerprint density at radius 2 is 0.743 bits per heavy atom. The molecule has 0 aromatic carbocycles. The first-order chi connectivity index (χ1) is 17.2. The van der Waals surface area contributed by atoms with Crippen LogP contribution in [0.15, 0.2) is 0 Å². The van der Waals surface area contributed by atoms with E-state index in [1.807, 2.05) is 6.92 Å². The zero-order chi connectivity index (χ0) is 25.7. The Hall–Kier alpha value is -1.26. The normalized spacial score (nSPS) is 11.0. The van der Waals surface area contributed by atoms with Gasteiger partial charge in [-0.1, -0.05) is 52.4 Å². The van der Waals surface area contributed by atoms with Crippen molar-refractivity contribution >= 4 is 11.9 Å². The Morgan fingerprint density at radius 1 is 0.400 bits per heavy atom. The summed E-state index contributed by atoms with van der Waals surface area (Å²) >= 11 is 0. The van der Waals surface area contributed by atoms with Crippen LogP contribution in [0.4, 0.5) is 0 Å². The van der Waals surface area contributed by atoms with Gasteiger partial charge in [0.25, 0.3) is 0 Å². The second-order valence-electron chi connectivity index (χ2n) is 8.12. The summed E-state index contributed by atoms with van der Waals surface area (Å²) in [5, 5.41) is 0. The van der Waals surface area contributed by atoms with Crippen LogP contribution in [0.1, 0.15) is 78.1 Å². The fraction of sp³-hybridized carbons (Fsp3) is 0.923. The summed E-state index contributed by atoms with van der Waals surface area (Å²) in [6.45, 7) is 9.25. The summed E-state index contributed by atoms with van der Waals surface area (Å²) in [4.78, 5) is 22.8. The van der Waals surface area contributed by atoms with Gasteiger partial charge in [-0.05, 0) is 12.8 Å². The van der Waals surface area contributed by atoms with Gasteiger partial charge in [-0.3, -0.25) is 9.59 Å². The molecule has 0 rings (SSSR count). The molecule has 0 aliphatic carbocycles. The third-order valence-electron chi connectivity index (χ3n) is 4.91. The van der Waals surface area contributed by atoms with Crippen LogP contribution < -0.4 is 0 Å². The number of esters is 2. The van der Waals surface area contributed by atoms with Crippen molar-refractivity contribution in [1.29, 1.82) is 0 Å². The van der Waals surface area contributed by atoms with Crippen molar-refractivity contribution in [3.05, 3.63) is 0 Å². The quantitative estimate of drug-likeness (QED) is 0.115. The Balaban J connectivity index is 3.14. The predicted octanol–water partition coefficient (Wildman–Crippen LogP) is 4.10. The lowest BCUT2D eigenvalue weighted by atomic mass is 10.1. The first-order valence-electron chi connectivity index (χ1n) is 13.4. The fourth-order valence-corrected chi connectivity index (χ4v) is 2.99. The van der Waals surface area contributed by atoms with E-state index in [0.717, 1.165) is 19.3 Å². The maximum Gasteiger partial charge on any atom is 0.305 e. The van der Waals surface area contributed by atoms with E-state index in [9.17, 15) is 9.59 Å². The molecule has 0 aromatic heterocycles. The molecule has 0 saturated carbocycles. The van der Waals surface area contributed by atoms with Gasteiger partial charge in [-0.25, -0.2) is 0 Å². The van der Waals surface area contributed by atoms with E-state index in [-0.39, 0.29) is 25.2 Å². The standard InChI is InChI=1S/C26H50O9/c1-3-5-6-7-8-9-10-12-26(28)35-24-22-33-20-18-31-16-14-29-13-15-30-17-19-32-21-23-34-25(27)11-4-2/h3-24H2,1-2H3. The number of ether oxygens (including phenoxy) is 7. The van der Waals surface area contributed by atoms with E-state index in [1.54, 1.807) is 0 Å². The number of hydrogen-bond donors (Lipinski definition) is 0. The van der Waals surface area contributed by atoms with Gasteiger partial charge in [-0.2, -0.15) is 0 Å². The molecule has 0 aliphatic heterocycles. The monoisotopic (exact) mass is 506 g/mol. The van der Waals surface area contributed by atoms with Gasteiger partial charge in [0, 0.05) is 12.8 Å². The summed E-state index contributed by atoms with van der Waals surface area (Å²) < 4.78 is 37.1. The van der Waals surface area contributed by atoms with Crippen LogP contribution in [0.5, 0.6) is 0 Å². The molecule has 208 valence electrons. The van der Waals surface area contributed by atoms with E-state index in [2.05, 4.69) is 6.92 Å². The van der Waals surface area contributed by atoms with Gasteiger partial charge in [0.1, 0.15) is 13.2 Å². The minimum absolute atomic E-state index is 0.142. The molecule has 0 amide bonds. The van der Waals surface area contributed by atoms with Gasteiger partial charge < -0.3 is 33.2 Å². The Morgan fingerprint density at radius 3 is 1.14 bits per heavy atom. The van der Waals surface area contributed by atoms with Crippen LogP contribution in [0, 0.1) is 0 Å². The molecule has 0 aromatic rings. The highest BCUT2D eigenvalue weighted by atomic mass is 16.6. The number of rotatable bonds is 28. The molecule has 35 heavy (non-hydrogen) atoms. The summed E-state index contributed by atoms with van der Waals surface area (Å²) in [6, 6.07) is 0. The highest BCUT2D eigenvalue weighted by molar-refractivity contribution is 5.69. The molecular formula is C26H50O9. The van der Waals surface area contributed by atoms with Crippen LogP contribution in [0.25, 0.3) is 0 Å². The second-order valence-corrected chi connectivity index (χ2v) is 8.12. The van der Waals surface area contributed by atoms with Gasteiger partial charge in [0.15, 0.2) is 0 Å². The van der Waals surface area contributed by atoms with Crippen molar-refractivity contribution in [2.75, 3.05) is 79.3 Å². The van der Waals surface area contributed by atoms with Crippen molar-refractivity contribution in [2.45, 2.75) is 78.1 Å². The number of carbonyl (C=O) groups is 2. The number of carbonyl (C=O) groups excluding carboxylic acids is 2. The molecule has 0 atom stereocenters. The molecular weight excluding hydrogens is 456 g/mol. The molecule has 0 radical (unpaired) electrons. The Labute approximate surface area is 212 Å². The van der Waals surface area contributed by atoms with Gasteiger partial charge in [0.2, 0.25) is 0 Å². The second kappa shape index (κ2) is 29.0. The molecule has 0 fully saturated rings. The average Bonchev–Trinajstić information content (AvgIpc) is 2.85. The topological polar surface area (TPSA) is 98.8 Å². The third-order valence-corrected chi connectivity index (χ3v) is 4.91. The van der Waals surface area contributed by atoms with E-state index in [1.165, 1.54) is 32.1 Å². The van der Waals surface area contributed by atoms with E-state index in [0.29, 0.717) is 78.9 Å². The Kier molecular flexibility index (Phi) is 27.9. The minimum Gasteiger partial charge on any atom is -0.463 e. The van der Waals surface area contributed by atoms with Crippen LogP contribution >= 0.6 is 0 Å². The fourth-order valence-electron chi connectivity index (χ4n) is 2.99. The predicted molar refractivity (Wildman–Crippen MR) is 134 cm³/mol. The summed E-state index contributed by atoms with van der Waals surface area (Å²) in [5.41, 5.74) is 0. The first-order valence-corrected chi connectivity index (χ1v) is 13.4. The maximum absolute atomic E-state index is 11.6. The van der Waals surface area contributed by atoms with Crippen molar-refractivity contribution in [2.24, 2.45) is 0 Å². The van der Waals surface area contributed by atoms with Crippen molar-refractivity contribution < 1.29 is 42.7 Å². The lowest BCUT2D eigenvalue weighted by Crippen LogP contribution is -2.15. The van der Waals surface area contributed by atoms with Crippen LogP contribution in [0.2, 0.25) is 0 Å². The molecule has 9 nitrogen and oxygen atoms in total. The van der Waals surface area contributed by atoms with Crippen LogP contribution in [-0.4, -0.2) is 91.2 Å². The number of unbranched alkanes of at least 4 members (excludes halogenated alkanes) is 6. The largest absolute Gasteiger partial charge is 0.463 e. The SMILES string of the molecule is CCCCCCCCCC(=O)OCCOCCOCCOCCOCCOCCOC(=O)CCC. The summed E-state index contributed by atoms with van der Waals surface area (Å²) in [6.07, 6.45) is 10.0. The molecule has 0 saturated heterocycles. The maximum atomic E-state index is 11.6. The number of hydrogen-bond acceptors (Lipinski definition) is 9. The third kappa shape index (κ3) is 28.9. The van der Waals surface area contributed by atoms with Crippen LogP contribution in [0.3, 0.4) is 0 Å². The van der Waals surface area contributed by atoms with Gasteiger partial charge in [0.05, 0.1) is 66.1 Å². The summed E-state index contributed by atoms with van der Waals surface area (Å²) in [5.74, 6) is -0.329. The lowest BCUT2D eigenvalue weighted by molar-refractivity contribution is -0.146. The molecule has 0 bridgehead atoms. The van der Waals surface area contributed by atoms with Crippen molar-refractivity contribution in [1.82, 2.24) is 0 Å². The highest BCUT2D eigenvalue weighted by Crippen LogP contribution is 2.08. The molecule has 0 spiro atoms. The highest BCUT2D eigenvalue weighted by Gasteiger charge is 2.03. The average molecular weight is 507 g/mol. The van der Waals surface area contributed by atoms with Crippen molar-refractivity contribution in [3.8, 4) is 0 Å². The minimum atomic E-state index is -0.187. The zero-order valence-electron chi connectivity index (χ0n) is 22.2. The molecule has 0 heterocycles. The molecule has 0 N–H and O–H groups in total. The van der Waals surface area contributed by atoms with E-state index in [4.69, 9.17) is 33.2 Å². The molecule has 0 unspecified atom stereocenters. The van der Waals surface area contributed by atoms with Gasteiger partial charge >= 0.3 is 11.9 Å². The zero-order valence-corrected chi connectivity index (χ0v) is 22.2. The van der Waals surface area contributed by atoms with E-state index >= 15 is 0 Å². The molecule has 0 aliphatic rings. The van der Waals surface area contributed by atoms with E-state index < -0.39 is 0 Å². The van der Waals surface area contributed by atoms with Crippen LogP contribution in [-0.2, 0) is 42.7 Å². The lowest BCUT2D eigenvalue weighted by Gasteiger charge is -2.08. The first kappa shape index (κ1) is 33.7. The van der Waals surface area contributed by atoms with Crippen molar-refractivity contribution in [3.63, 3.8) is 0 Å². The summed E-state index contributed by atoms with van der Waals surface area (Å²) in [7, 11) is 0. The Bertz CT molecular complexity index is 460. The smallest absolute Gasteiger partial charge is 0.305 e. The molecule has 9 heteroatoms.